The maximum Gasteiger partial charge on any atom is 0.270 e. The van der Waals surface area contributed by atoms with E-state index in [0.29, 0.717) is 22.9 Å². The molecule has 1 aliphatic carbocycles. The van der Waals surface area contributed by atoms with Gasteiger partial charge in [0.1, 0.15) is 17.2 Å². The Hall–Kier alpha value is -3.28. The van der Waals surface area contributed by atoms with Crippen molar-refractivity contribution < 1.29 is 14.3 Å². The van der Waals surface area contributed by atoms with Crippen LogP contribution in [0.3, 0.4) is 0 Å². The number of nitrogens with one attached hydrogen (secondary N) is 1. The van der Waals surface area contributed by atoms with Gasteiger partial charge in [0.15, 0.2) is 0 Å². The van der Waals surface area contributed by atoms with Crippen LogP contribution in [0, 0.1) is 13.8 Å². The number of ether oxygens (including phenoxy) is 2. The molecule has 0 unspecified atom stereocenters. The molecule has 0 aliphatic heterocycles. The van der Waals surface area contributed by atoms with Crippen LogP contribution < -0.4 is 14.8 Å². The minimum atomic E-state index is -0.0943. The zero-order valence-corrected chi connectivity index (χ0v) is 19.3. The van der Waals surface area contributed by atoms with E-state index in [-0.39, 0.29) is 11.9 Å². The molecule has 1 aliphatic rings. The summed E-state index contributed by atoms with van der Waals surface area (Å²) < 4.78 is 12.7. The van der Waals surface area contributed by atoms with E-state index in [1.807, 2.05) is 43.3 Å². The summed E-state index contributed by atoms with van der Waals surface area (Å²) in [6, 6.07) is 13.8. The number of hydrogen-bond acceptors (Lipinski definition) is 4. The fourth-order valence-corrected chi connectivity index (χ4v) is 4.42. The van der Waals surface area contributed by atoms with Gasteiger partial charge in [0.2, 0.25) is 0 Å². The van der Waals surface area contributed by atoms with Gasteiger partial charge in [-0.2, -0.15) is 5.10 Å². The average Bonchev–Trinajstić information content (AvgIpc) is 3.24. The smallest absolute Gasteiger partial charge is 0.270 e. The highest BCUT2D eigenvalue weighted by molar-refractivity contribution is 5.95. The summed E-state index contributed by atoms with van der Waals surface area (Å²) in [5.74, 6) is 1.26. The van der Waals surface area contributed by atoms with Crippen molar-refractivity contribution in [2.24, 2.45) is 0 Å². The third-order valence-electron chi connectivity index (χ3n) is 6.15. The standard InChI is InChI=1S/C26H31N3O3/c1-17-10-13-23(18(2)14-17)29-24(26(30)27-19-8-6-5-7-9-19)16-22(28-29)21-12-11-20(31-3)15-25(21)32-4/h10-16,19H,5-9H2,1-4H3,(H,27,30). The van der Waals surface area contributed by atoms with Crippen molar-refractivity contribution in [2.75, 3.05) is 14.2 Å². The molecule has 0 bridgehead atoms. The molecule has 0 atom stereocenters. The molecule has 0 saturated heterocycles. The second-order valence-electron chi connectivity index (χ2n) is 8.49. The molecule has 3 aromatic rings. The number of nitrogens with zero attached hydrogens (tertiary/aromatic N) is 2. The number of carbonyl (C=O) groups excluding carboxylic acids is 1. The number of benzene rings is 2. The second kappa shape index (κ2) is 9.47. The predicted molar refractivity (Wildman–Crippen MR) is 126 cm³/mol. The van der Waals surface area contributed by atoms with Crippen LogP contribution >= 0.6 is 0 Å². The molecule has 0 radical (unpaired) electrons. The van der Waals surface area contributed by atoms with Crippen LogP contribution in [0.15, 0.2) is 42.5 Å². The van der Waals surface area contributed by atoms with Crippen LogP contribution in [-0.4, -0.2) is 35.9 Å². The van der Waals surface area contributed by atoms with E-state index < -0.39 is 0 Å². The number of rotatable bonds is 6. The van der Waals surface area contributed by atoms with Gasteiger partial charge in [-0.15, -0.1) is 0 Å². The summed E-state index contributed by atoms with van der Waals surface area (Å²) in [6.45, 7) is 4.10. The number of methoxy groups -OCH3 is 2. The maximum atomic E-state index is 13.4. The first kappa shape index (κ1) is 21.9. The van der Waals surface area contributed by atoms with Crippen molar-refractivity contribution in [1.82, 2.24) is 15.1 Å². The lowest BCUT2D eigenvalue weighted by Gasteiger charge is -2.23. The normalized spacial score (nSPS) is 14.2. The molecule has 2 aromatic carbocycles. The Labute approximate surface area is 189 Å². The first-order valence-corrected chi connectivity index (χ1v) is 11.2. The van der Waals surface area contributed by atoms with Gasteiger partial charge in [0.05, 0.1) is 25.6 Å². The highest BCUT2D eigenvalue weighted by atomic mass is 16.5. The Morgan fingerprint density at radius 3 is 2.47 bits per heavy atom. The van der Waals surface area contributed by atoms with E-state index >= 15 is 0 Å². The third kappa shape index (κ3) is 4.49. The zero-order valence-electron chi connectivity index (χ0n) is 19.3. The van der Waals surface area contributed by atoms with Crippen molar-refractivity contribution in [3.05, 3.63) is 59.3 Å². The van der Waals surface area contributed by atoms with Crippen LogP contribution in [0.2, 0.25) is 0 Å². The van der Waals surface area contributed by atoms with Gasteiger partial charge >= 0.3 is 0 Å². The molecule has 1 saturated carbocycles. The quantitative estimate of drug-likeness (QED) is 0.578. The maximum absolute atomic E-state index is 13.4. The first-order chi connectivity index (χ1) is 15.5. The Morgan fingerprint density at radius 2 is 1.78 bits per heavy atom. The van der Waals surface area contributed by atoms with Gasteiger partial charge in [-0.1, -0.05) is 37.0 Å². The highest BCUT2D eigenvalue weighted by Gasteiger charge is 2.23. The SMILES string of the molecule is COc1ccc(-c2cc(C(=O)NC3CCCCC3)n(-c3ccc(C)cc3C)n2)c(OC)c1. The van der Waals surface area contributed by atoms with Crippen molar-refractivity contribution in [3.63, 3.8) is 0 Å². The summed E-state index contributed by atoms with van der Waals surface area (Å²) in [4.78, 5) is 13.4. The van der Waals surface area contributed by atoms with Gasteiger partial charge in [-0.25, -0.2) is 4.68 Å². The molecule has 1 heterocycles. The summed E-state index contributed by atoms with van der Waals surface area (Å²) in [6.07, 6.45) is 5.63. The average molecular weight is 434 g/mol. The van der Waals surface area contributed by atoms with E-state index in [2.05, 4.69) is 18.3 Å². The number of carbonyl (C=O) groups is 1. The Balaban J connectivity index is 1.79. The van der Waals surface area contributed by atoms with Crippen LogP contribution in [-0.2, 0) is 0 Å². The first-order valence-electron chi connectivity index (χ1n) is 11.2. The van der Waals surface area contributed by atoms with Crippen molar-refractivity contribution in [2.45, 2.75) is 52.0 Å². The molecular formula is C26H31N3O3. The van der Waals surface area contributed by atoms with Crippen molar-refractivity contribution in [1.29, 1.82) is 0 Å². The molecule has 168 valence electrons. The number of hydrogen-bond donors (Lipinski definition) is 1. The van der Waals surface area contributed by atoms with E-state index in [4.69, 9.17) is 14.6 Å². The van der Waals surface area contributed by atoms with Gasteiger partial charge < -0.3 is 14.8 Å². The monoisotopic (exact) mass is 433 g/mol. The van der Waals surface area contributed by atoms with Gasteiger partial charge in [-0.3, -0.25) is 4.79 Å². The fraction of sp³-hybridized carbons (Fsp3) is 0.385. The zero-order chi connectivity index (χ0) is 22.7. The molecular weight excluding hydrogens is 402 g/mol. The lowest BCUT2D eigenvalue weighted by Crippen LogP contribution is -2.37. The highest BCUT2D eigenvalue weighted by Crippen LogP contribution is 2.34. The fourth-order valence-electron chi connectivity index (χ4n) is 4.42. The lowest BCUT2D eigenvalue weighted by atomic mass is 9.95. The minimum Gasteiger partial charge on any atom is -0.497 e. The molecule has 1 N–H and O–H groups in total. The molecule has 6 nitrogen and oxygen atoms in total. The number of amides is 1. The summed E-state index contributed by atoms with van der Waals surface area (Å²) >= 11 is 0. The van der Waals surface area contributed by atoms with Crippen LogP contribution in [0.1, 0.15) is 53.7 Å². The molecule has 4 rings (SSSR count). The second-order valence-corrected chi connectivity index (χ2v) is 8.49. The molecule has 0 spiro atoms. The summed E-state index contributed by atoms with van der Waals surface area (Å²) in [5.41, 5.74) is 5.14. The Bertz CT molecular complexity index is 1110. The molecule has 1 aromatic heterocycles. The number of aromatic nitrogens is 2. The van der Waals surface area contributed by atoms with Crippen LogP contribution in [0.5, 0.6) is 11.5 Å². The summed E-state index contributed by atoms with van der Waals surface area (Å²) in [5, 5.41) is 8.09. The summed E-state index contributed by atoms with van der Waals surface area (Å²) in [7, 11) is 3.24. The van der Waals surface area contributed by atoms with E-state index in [1.165, 1.54) is 12.0 Å². The molecule has 32 heavy (non-hydrogen) atoms. The lowest BCUT2D eigenvalue weighted by molar-refractivity contribution is 0.0920. The number of aryl methyl sites for hydroxylation is 2. The van der Waals surface area contributed by atoms with Crippen LogP contribution in [0.25, 0.3) is 16.9 Å². The topological polar surface area (TPSA) is 65.4 Å². The predicted octanol–water partition coefficient (Wildman–Crippen LogP) is 5.24. The minimum absolute atomic E-state index is 0.0943. The van der Waals surface area contributed by atoms with Gasteiger partial charge in [-0.05, 0) is 56.5 Å². The molecule has 6 heteroatoms. The van der Waals surface area contributed by atoms with Crippen molar-refractivity contribution >= 4 is 5.91 Å². The Kier molecular flexibility index (Phi) is 6.49. The Morgan fingerprint density at radius 1 is 1.00 bits per heavy atom. The van der Waals surface area contributed by atoms with Crippen LogP contribution in [0.4, 0.5) is 0 Å². The molecule has 1 amide bonds. The molecule has 1 fully saturated rings. The van der Waals surface area contributed by atoms with E-state index in [1.54, 1.807) is 18.9 Å². The third-order valence-corrected chi connectivity index (χ3v) is 6.15. The van der Waals surface area contributed by atoms with Gasteiger partial charge in [0, 0.05) is 17.7 Å². The van der Waals surface area contributed by atoms with E-state index in [0.717, 1.165) is 42.5 Å². The van der Waals surface area contributed by atoms with E-state index in [9.17, 15) is 4.79 Å². The van der Waals surface area contributed by atoms with Gasteiger partial charge in [0.25, 0.3) is 5.91 Å². The van der Waals surface area contributed by atoms with Crippen molar-refractivity contribution in [3.8, 4) is 28.4 Å². The largest absolute Gasteiger partial charge is 0.497 e.